The number of nitrogens with two attached hydrogens (primary N) is 1. The van der Waals surface area contributed by atoms with Gasteiger partial charge in [0.05, 0.1) is 5.69 Å². The molecule has 2 N–H and O–H groups in total. The number of rotatable bonds is 3. The summed E-state index contributed by atoms with van der Waals surface area (Å²) in [4.78, 5) is 0. The zero-order valence-electron chi connectivity index (χ0n) is 13.8. The van der Waals surface area contributed by atoms with Crippen molar-refractivity contribution < 1.29 is 0 Å². The van der Waals surface area contributed by atoms with E-state index in [1.807, 2.05) is 18.7 Å². The Morgan fingerprint density at radius 3 is 2.35 bits per heavy atom. The zero-order chi connectivity index (χ0) is 14.9. The molecule has 0 aromatic carbocycles. The van der Waals surface area contributed by atoms with Crippen LogP contribution in [0.25, 0.3) is 0 Å². The summed E-state index contributed by atoms with van der Waals surface area (Å²) < 4.78 is 1.98. The van der Waals surface area contributed by atoms with Gasteiger partial charge >= 0.3 is 0 Å². The lowest BCUT2D eigenvalue weighted by atomic mass is 9.68. The molecule has 1 aliphatic carbocycles. The summed E-state index contributed by atoms with van der Waals surface area (Å²) in [6, 6.07) is 2.45. The lowest BCUT2D eigenvalue weighted by molar-refractivity contribution is 0.139. The van der Waals surface area contributed by atoms with Gasteiger partial charge in [-0.2, -0.15) is 5.10 Å². The van der Waals surface area contributed by atoms with E-state index in [1.165, 1.54) is 31.4 Å². The molecule has 1 heterocycles. The van der Waals surface area contributed by atoms with Crippen molar-refractivity contribution in [3.8, 4) is 0 Å². The molecule has 0 aliphatic heterocycles. The van der Waals surface area contributed by atoms with Gasteiger partial charge in [-0.05, 0) is 55.9 Å². The Bertz CT molecular complexity index is 434. The molecule has 2 rings (SSSR count). The van der Waals surface area contributed by atoms with Gasteiger partial charge in [0.25, 0.3) is 0 Å². The van der Waals surface area contributed by atoms with Crippen LogP contribution in [0.15, 0.2) is 6.07 Å². The predicted octanol–water partition coefficient (Wildman–Crippen LogP) is 3.45. The summed E-state index contributed by atoms with van der Waals surface area (Å²) in [5.41, 5.74) is 9.28. The molecule has 1 unspecified atom stereocenters. The summed E-state index contributed by atoms with van der Waals surface area (Å²) >= 11 is 0. The number of nitrogens with zero attached hydrogens (tertiary/aromatic N) is 2. The van der Waals surface area contributed by atoms with Crippen molar-refractivity contribution in [3.63, 3.8) is 0 Å². The van der Waals surface area contributed by atoms with Gasteiger partial charge in [0.1, 0.15) is 0 Å². The molecular weight excluding hydrogens is 246 g/mol. The van der Waals surface area contributed by atoms with E-state index in [2.05, 4.69) is 31.9 Å². The standard InChI is InChI=1S/C17H31N3/c1-12-10-15(20(5)19-12)11-16(18)13-6-8-14(9-7-13)17(2,3)4/h10,13-14,16H,6-9,11,18H2,1-5H3. The van der Waals surface area contributed by atoms with Crippen LogP contribution in [0.3, 0.4) is 0 Å². The third kappa shape index (κ3) is 3.63. The number of aromatic nitrogens is 2. The van der Waals surface area contributed by atoms with Crippen LogP contribution in [-0.4, -0.2) is 15.8 Å². The lowest BCUT2D eigenvalue weighted by Gasteiger charge is -2.38. The van der Waals surface area contributed by atoms with Gasteiger partial charge in [0.15, 0.2) is 0 Å². The second kappa shape index (κ2) is 5.88. The van der Waals surface area contributed by atoms with Gasteiger partial charge in [-0.25, -0.2) is 0 Å². The minimum absolute atomic E-state index is 0.283. The SMILES string of the molecule is Cc1cc(CC(N)C2CCC(C(C)(C)C)CC2)n(C)n1. The van der Waals surface area contributed by atoms with E-state index in [-0.39, 0.29) is 6.04 Å². The molecule has 3 heteroatoms. The van der Waals surface area contributed by atoms with Crippen molar-refractivity contribution in [2.24, 2.45) is 30.0 Å². The summed E-state index contributed by atoms with van der Waals surface area (Å²) in [6.45, 7) is 9.16. The smallest absolute Gasteiger partial charge is 0.0596 e. The largest absolute Gasteiger partial charge is 0.327 e. The average molecular weight is 277 g/mol. The van der Waals surface area contributed by atoms with Crippen LogP contribution in [0.1, 0.15) is 57.8 Å². The fraction of sp³-hybridized carbons (Fsp3) is 0.824. The first-order chi connectivity index (χ1) is 9.27. The Labute approximate surface area is 123 Å². The Balaban J connectivity index is 1.89. The number of hydrogen-bond acceptors (Lipinski definition) is 2. The zero-order valence-corrected chi connectivity index (χ0v) is 13.8. The highest BCUT2D eigenvalue weighted by Crippen LogP contribution is 2.40. The average Bonchev–Trinajstić information content (AvgIpc) is 2.67. The maximum absolute atomic E-state index is 6.47. The van der Waals surface area contributed by atoms with Crippen LogP contribution in [0.4, 0.5) is 0 Å². The van der Waals surface area contributed by atoms with Crippen LogP contribution >= 0.6 is 0 Å². The molecule has 0 amide bonds. The van der Waals surface area contributed by atoms with Crippen molar-refractivity contribution in [1.82, 2.24) is 9.78 Å². The Morgan fingerprint density at radius 1 is 1.30 bits per heavy atom. The van der Waals surface area contributed by atoms with E-state index in [4.69, 9.17) is 5.73 Å². The van der Waals surface area contributed by atoms with Gasteiger partial charge < -0.3 is 5.73 Å². The number of aryl methyl sites for hydroxylation is 2. The summed E-state index contributed by atoms with van der Waals surface area (Å²) in [6.07, 6.45) is 6.22. The highest BCUT2D eigenvalue weighted by atomic mass is 15.3. The van der Waals surface area contributed by atoms with E-state index in [0.29, 0.717) is 11.3 Å². The van der Waals surface area contributed by atoms with E-state index in [0.717, 1.165) is 18.0 Å². The highest BCUT2D eigenvalue weighted by Gasteiger charge is 2.31. The maximum atomic E-state index is 6.47. The van der Waals surface area contributed by atoms with Gasteiger partial charge in [-0.1, -0.05) is 20.8 Å². The molecule has 0 bridgehead atoms. The molecule has 1 atom stereocenters. The topological polar surface area (TPSA) is 43.8 Å². The monoisotopic (exact) mass is 277 g/mol. The molecule has 1 aliphatic rings. The van der Waals surface area contributed by atoms with E-state index < -0.39 is 0 Å². The van der Waals surface area contributed by atoms with Crippen LogP contribution < -0.4 is 5.73 Å². The second-order valence-corrected chi connectivity index (χ2v) is 7.75. The minimum Gasteiger partial charge on any atom is -0.327 e. The van der Waals surface area contributed by atoms with Gasteiger partial charge in [0.2, 0.25) is 0 Å². The molecule has 0 spiro atoms. The van der Waals surface area contributed by atoms with E-state index >= 15 is 0 Å². The highest BCUT2D eigenvalue weighted by molar-refractivity contribution is 5.10. The van der Waals surface area contributed by atoms with Crippen LogP contribution in [0.5, 0.6) is 0 Å². The fourth-order valence-corrected chi connectivity index (χ4v) is 3.68. The van der Waals surface area contributed by atoms with Crippen molar-refractivity contribution in [1.29, 1.82) is 0 Å². The summed E-state index contributed by atoms with van der Waals surface area (Å²) in [7, 11) is 2.02. The van der Waals surface area contributed by atoms with Crippen LogP contribution in [0, 0.1) is 24.2 Å². The normalized spacial score (nSPS) is 25.7. The van der Waals surface area contributed by atoms with Gasteiger partial charge in [0, 0.05) is 25.2 Å². The quantitative estimate of drug-likeness (QED) is 0.919. The fourth-order valence-electron chi connectivity index (χ4n) is 3.68. The third-order valence-electron chi connectivity index (χ3n) is 5.15. The third-order valence-corrected chi connectivity index (χ3v) is 5.15. The Morgan fingerprint density at radius 2 is 1.90 bits per heavy atom. The van der Waals surface area contributed by atoms with Gasteiger partial charge in [-0.15, -0.1) is 0 Å². The summed E-state index contributed by atoms with van der Waals surface area (Å²) in [5.74, 6) is 1.55. The molecule has 0 radical (unpaired) electrons. The number of hydrogen-bond donors (Lipinski definition) is 1. The Kier molecular flexibility index (Phi) is 4.58. The van der Waals surface area contributed by atoms with Crippen molar-refractivity contribution in [2.75, 3.05) is 0 Å². The van der Waals surface area contributed by atoms with E-state index in [9.17, 15) is 0 Å². The Hall–Kier alpha value is -0.830. The molecule has 1 saturated carbocycles. The van der Waals surface area contributed by atoms with Crippen LogP contribution in [0.2, 0.25) is 0 Å². The predicted molar refractivity (Wildman–Crippen MR) is 84.5 cm³/mol. The van der Waals surface area contributed by atoms with Gasteiger partial charge in [-0.3, -0.25) is 4.68 Å². The summed E-state index contributed by atoms with van der Waals surface area (Å²) in [5, 5.41) is 4.41. The molecule has 1 aromatic rings. The van der Waals surface area contributed by atoms with Crippen molar-refractivity contribution in [3.05, 3.63) is 17.5 Å². The molecule has 1 aromatic heterocycles. The second-order valence-electron chi connectivity index (χ2n) is 7.75. The maximum Gasteiger partial charge on any atom is 0.0596 e. The molecule has 1 fully saturated rings. The minimum atomic E-state index is 0.283. The lowest BCUT2D eigenvalue weighted by Crippen LogP contribution is -2.37. The van der Waals surface area contributed by atoms with Crippen molar-refractivity contribution >= 4 is 0 Å². The molecular formula is C17H31N3. The van der Waals surface area contributed by atoms with E-state index in [1.54, 1.807) is 0 Å². The molecule has 0 saturated heterocycles. The molecule has 114 valence electrons. The first-order valence-corrected chi connectivity index (χ1v) is 8.02. The van der Waals surface area contributed by atoms with Crippen molar-refractivity contribution in [2.45, 2.75) is 65.8 Å². The molecule has 20 heavy (non-hydrogen) atoms. The first kappa shape index (κ1) is 15.6. The first-order valence-electron chi connectivity index (χ1n) is 8.02. The van der Waals surface area contributed by atoms with Crippen LogP contribution in [-0.2, 0) is 13.5 Å². The molecule has 3 nitrogen and oxygen atoms in total.